The van der Waals surface area contributed by atoms with Gasteiger partial charge < -0.3 is 5.73 Å². The number of hydrogen-bond acceptors (Lipinski definition) is 3. The molecule has 0 aliphatic heterocycles. The zero-order chi connectivity index (χ0) is 12.3. The largest absolute Gasteiger partial charge is 0.375 e. The number of fused-ring (bicyclic) bond motifs is 1. The SMILES string of the molecule is NC(=S)NNC(=O)c1cccc2cccnc12. The van der Waals surface area contributed by atoms with Crippen LogP contribution in [0.15, 0.2) is 36.5 Å². The quantitative estimate of drug-likeness (QED) is 0.510. The second-order valence-corrected chi connectivity index (χ2v) is 3.76. The lowest BCUT2D eigenvalue weighted by Crippen LogP contribution is -2.44. The number of benzene rings is 1. The Balaban J connectivity index is 2.35. The lowest BCUT2D eigenvalue weighted by molar-refractivity contribution is 0.0945. The fourth-order valence-electron chi connectivity index (χ4n) is 1.47. The highest BCUT2D eigenvalue weighted by molar-refractivity contribution is 7.80. The fourth-order valence-corrected chi connectivity index (χ4v) is 1.52. The van der Waals surface area contributed by atoms with Gasteiger partial charge in [-0.3, -0.25) is 20.6 Å². The number of amides is 1. The average Bonchev–Trinajstić information content (AvgIpc) is 2.35. The molecule has 0 radical (unpaired) electrons. The van der Waals surface area contributed by atoms with Crippen molar-refractivity contribution in [2.75, 3.05) is 0 Å². The van der Waals surface area contributed by atoms with Crippen molar-refractivity contribution < 1.29 is 4.79 Å². The van der Waals surface area contributed by atoms with Gasteiger partial charge in [-0.1, -0.05) is 18.2 Å². The third-order valence-electron chi connectivity index (χ3n) is 2.18. The molecule has 0 bridgehead atoms. The van der Waals surface area contributed by atoms with Gasteiger partial charge in [0.05, 0.1) is 11.1 Å². The van der Waals surface area contributed by atoms with Crippen LogP contribution >= 0.6 is 12.2 Å². The molecule has 0 aliphatic carbocycles. The predicted molar refractivity (Wildman–Crippen MR) is 69.1 cm³/mol. The molecule has 0 unspecified atom stereocenters. The number of nitrogens with two attached hydrogens (primary N) is 1. The van der Waals surface area contributed by atoms with Crippen LogP contribution in [0.4, 0.5) is 0 Å². The highest BCUT2D eigenvalue weighted by Crippen LogP contribution is 2.15. The molecule has 0 saturated carbocycles. The van der Waals surface area contributed by atoms with E-state index in [0.29, 0.717) is 11.1 Å². The molecule has 4 N–H and O–H groups in total. The van der Waals surface area contributed by atoms with Crippen molar-refractivity contribution in [2.45, 2.75) is 0 Å². The maximum Gasteiger partial charge on any atom is 0.271 e. The lowest BCUT2D eigenvalue weighted by Gasteiger charge is -2.07. The van der Waals surface area contributed by atoms with Crippen molar-refractivity contribution in [3.8, 4) is 0 Å². The van der Waals surface area contributed by atoms with E-state index < -0.39 is 0 Å². The lowest BCUT2D eigenvalue weighted by atomic mass is 10.1. The zero-order valence-corrected chi connectivity index (χ0v) is 9.62. The van der Waals surface area contributed by atoms with E-state index >= 15 is 0 Å². The number of nitrogens with zero attached hydrogens (tertiary/aromatic N) is 1. The van der Waals surface area contributed by atoms with Crippen molar-refractivity contribution in [3.63, 3.8) is 0 Å². The fraction of sp³-hybridized carbons (Fsp3) is 0. The van der Waals surface area contributed by atoms with E-state index in [-0.39, 0.29) is 11.0 Å². The molecule has 0 fully saturated rings. The normalized spacial score (nSPS) is 9.88. The van der Waals surface area contributed by atoms with Gasteiger partial charge in [0.1, 0.15) is 0 Å². The predicted octanol–water partition coefficient (Wildman–Crippen LogP) is 0.713. The molecule has 1 aromatic heterocycles. The van der Waals surface area contributed by atoms with Gasteiger partial charge in [-0.25, -0.2) is 0 Å². The van der Waals surface area contributed by atoms with Gasteiger partial charge in [0, 0.05) is 11.6 Å². The Labute approximate surface area is 103 Å². The van der Waals surface area contributed by atoms with Gasteiger partial charge in [0.15, 0.2) is 5.11 Å². The van der Waals surface area contributed by atoms with Crippen LogP contribution in [0, 0.1) is 0 Å². The summed E-state index contributed by atoms with van der Waals surface area (Å²) in [6.45, 7) is 0. The van der Waals surface area contributed by atoms with Gasteiger partial charge in [0.25, 0.3) is 5.91 Å². The molecule has 5 nitrogen and oxygen atoms in total. The van der Waals surface area contributed by atoms with Gasteiger partial charge in [-0.2, -0.15) is 0 Å². The molecule has 1 amide bonds. The summed E-state index contributed by atoms with van der Waals surface area (Å²) in [5.41, 5.74) is 11.1. The van der Waals surface area contributed by atoms with Gasteiger partial charge in [0.2, 0.25) is 0 Å². The molecule has 17 heavy (non-hydrogen) atoms. The molecule has 6 heteroatoms. The number of thiocarbonyl (C=S) groups is 1. The minimum atomic E-state index is -0.331. The summed E-state index contributed by atoms with van der Waals surface area (Å²) in [5, 5.41) is 0.905. The van der Waals surface area contributed by atoms with Crippen LogP contribution < -0.4 is 16.6 Å². The number of aromatic nitrogens is 1. The maximum absolute atomic E-state index is 11.8. The molecule has 0 spiro atoms. The molecule has 2 rings (SSSR count). The van der Waals surface area contributed by atoms with E-state index in [4.69, 9.17) is 5.73 Å². The number of hydrazine groups is 1. The summed E-state index contributed by atoms with van der Waals surface area (Å²) in [6.07, 6.45) is 1.64. The van der Waals surface area contributed by atoms with Crippen LogP contribution in [0.3, 0.4) is 0 Å². The second-order valence-electron chi connectivity index (χ2n) is 3.32. The number of para-hydroxylation sites is 1. The third-order valence-corrected chi connectivity index (χ3v) is 2.28. The summed E-state index contributed by atoms with van der Waals surface area (Å²) in [7, 11) is 0. The summed E-state index contributed by atoms with van der Waals surface area (Å²) in [4.78, 5) is 16.0. The number of carbonyl (C=O) groups excluding carboxylic acids is 1. The van der Waals surface area contributed by atoms with Crippen molar-refractivity contribution >= 4 is 34.1 Å². The van der Waals surface area contributed by atoms with E-state index in [2.05, 4.69) is 28.1 Å². The Hall–Kier alpha value is -2.21. The molecule has 86 valence electrons. The maximum atomic E-state index is 11.8. The van der Waals surface area contributed by atoms with Gasteiger partial charge in [-0.05, 0) is 24.4 Å². The molecule has 0 saturated heterocycles. The molecule has 2 aromatic rings. The van der Waals surface area contributed by atoms with Crippen LogP contribution in [0.2, 0.25) is 0 Å². The summed E-state index contributed by atoms with van der Waals surface area (Å²) >= 11 is 4.60. The van der Waals surface area contributed by atoms with Crippen LogP contribution in [0.5, 0.6) is 0 Å². The smallest absolute Gasteiger partial charge is 0.271 e. The van der Waals surface area contributed by atoms with Crippen molar-refractivity contribution in [2.24, 2.45) is 5.73 Å². The van der Waals surface area contributed by atoms with E-state index in [0.717, 1.165) is 5.39 Å². The standard InChI is InChI=1S/C11H10N4OS/c12-11(17)15-14-10(16)8-5-1-3-7-4-2-6-13-9(7)8/h1-6H,(H,14,16)(H3,12,15,17). The highest BCUT2D eigenvalue weighted by atomic mass is 32.1. The zero-order valence-electron chi connectivity index (χ0n) is 8.81. The first-order chi connectivity index (χ1) is 8.18. The number of carbonyl (C=O) groups is 1. The van der Waals surface area contributed by atoms with E-state index in [1.807, 2.05) is 18.2 Å². The van der Waals surface area contributed by atoms with Crippen LogP contribution in [0.25, 0.3) is 10.9 Å². The highest BCUT2D eigenvalue weighted by Gasteiger charge is 2.09. The Morgan fingerprint density at radius 3 is 2.76 bits per heavy atom. The molecule has 1 aromatic carbocycles. The number of pyridine rings is 1. The third kappa shape index (κ3) is 2.48. The summed E-state index contributed by atoms with van der Waals surface area (Å²) in [6, 6.07) is 9.07. The Kier molecular flexibility index (Phi) is 3.15. The molecule has 1 heterocycles. The minimum Gasteiger partial charge on any atom is -0.375 e. The van der Waals surface area contributed by atoms with Crippen molar-refractivity contribution in [3.05, 3.63) is 42.1 Å². The van der Waals surface area contributed by atoms with Crippen molar-refractivity contribution in [1.29, 1.82) is 0 Å². The first-order valence-corrected chi connectivity index (χ1v) is 5.29. The van der Waals surface area contributed by atoms with E-state index in [1.165, 1.54) is 0 Å². The number of nitrogens with one attached hydrogen (secondary N) is 2. The van der Waals surface area contributed by atoms with E-state index in [1.54, 1.807) is 18.3 Å². The first-order valence-electron chi connectivity index (χ1n) is 4.88. The van der Waals surface area contributed by atoms with Crippen LogP contribution in [0.1, 0.15) is 10.4 Å². The monoisotopic (exact) mass is 246 g/mol. The second kappa shape index (κ2) is 4.75. The van der Waals surface area contributed by atoms with Gasteiger partial charge in [-0.15, -0.1) is 0 Å². The van der Waals surface area contributed by atoms with Gasteiger partial charge >= 0.3 is 0 Å². The summed E-state index contributed by atoms with van der Waals surface area (Å²) < 4.78 is 0. The number of rotatable bonds is 1. The Morgan fingerprint density at radius 2 is 2.00 bits per heavy atom. The first kappa shape index (κ1) is 11.3. The Morgan fingerprint density at radius 1 is 1.24 bits per heavy atom. The molecular weight excluding hydrogens is 236 g/mol. The van der Waals surface area contributed by atoms with Crippen LogP contribution in [-0.2, 0) is 0 Å². The molecule has 0 atom stereocenters. The average molecular weight is 246 g/mol. The summed E-state index contributed by atoms with van der Waals surface area (Å²) in [5.74, 6) is -0.331. The molecule has 0 aliphatic rings. The van der Waals surface area contributed by atoms with Crippen LogP contribution in [-0.4, -0.2) is 16.0 Å². The van der Waals surface area contributed by atoms with E-state index in [9.17, 15) is 4.79 Å². The minimum absolute atomic E-state index is 0.00606. The Bertz CT molecular complexity index is 579. The number of hydrogen-bond donors (Lipinski definition) is 3. The topological polar surface area (TPSA) is 80.0 Å². The molecular formula is C11H10N4OS. The van der Waals surface area contributed by atoms with Crippen molar-refractivity contribution in [1.82, 2.24) is 15.8 Å².